The van der Waals surface area contributed by atoms with E-state index in [0.717, 1.165) is 11.1 Å². The van der Waals surface area contributed by atoms with Crippen molar-refractivity contribution in [2.24, 2.45) is 12.5 Å². The number of carbonyl (C=O) groups excluding carboxylic acids is 2. The highest BCUT2D eigenvalue weighted by molar-refractivity contribution is 7.13. The van der Waals surface area contributed by atoms with E-state index in [1.807, 2.05) is 19.1 Å². The summed E-state index contributed by atoms with van der Waals surface area (Å²) in [7, 11) is 1.79. The molecule has 0 aliphatic carbocycles. The van der Waals surface area contributed by atoms with Gasteiger partial charge < -0.3 is 10.2 Å². The summed E-state index contributed by atoms with van der Waals surface area (Å²) in [5, 5.41) is 9.30. The molecule has 2 aromatic heterocycles. The average molecular weight is 423 g/mol. The van der Waals surface area contributed by atoms with Gasteiger partial charge in [0, 0.05) is 37.8 Å². The topological polar surface area (TPSA) is 67.2 Å². The minimum absolute atomic E-state index is 0.0165. The Balaban J connectivity index is 1.59. The highest BCUT2D eigenvalue weighted by Crippen LogP contribution is 2.36. The van der Waals surface area contributed by atoms with Crippen molar-refractivity contribution < 1.29 is 9.59 Å². The Morgan fingerprint density at radius 2 is 2.10 bits per heavy atom. The van der Waals surface area contributed by atoms with E-state index >= 15 is 0 Å². The molecule has 1 N–H and O–H groups in total. The molecule has 30 heavy (non-hydrogen) atoms. The molecule has 1 saturated heterocycles. The third-order valence-corrected chi connectivity index (χ3v) is 6.59. The Kier molecular flexibility index (Phi) is 5.72. The largest absolute Gasteiger partial charge is 0.356 e. The molecule has 4 rings (SSSR count). The van der Waals surface area contributed by atoms with Crippen LogP contribution >= 0.6 is 11.3 Å². The number of amides is 2. The van der Waals surface area contributed by atoms with Crippen molar-refractivity contribution in [2.45, 2.75) is 19.8 Å². The number of likely N-dealkylation sites (tertiary alicyclic amines) is 1. The molecule has 156 valence electrons. The second-order valence-corrected chi connectivity index (χ2v) is 8.79. The van der Waals surface area contributed by atoms with E-state index in [-0.39, 0.29) is 11.8 Å². The van der Waals surface area contributed by atoms with Crippen molar-refractivity contribution >= 4 is 23.2 Å². The Morgan fingerprint density at radius 1 is 1.23 bits per heavy atom. The first-order valence-electron chi connectivity index (χ1n) is 10.2. The van der Waals surface area contributed by atoms with E-state index in [4.69, 9.17) is 0 Å². The van der Waals surface area contributed by atoms with Crippen LogP contribution in [0.25, 0.3) is 10.4 Å². The summed E-state index contributed by atoms with van der Waals surface area (Å²) in [4.78, 5) is 29.0. The van der Waals surface area contributed by atoms with E-state index < -0.39 is 5.41 Å². The monoisotopic (exact) mass is 422 g/mol. The van der Waals surface area contributed by atoms with Gasteiger partial charge >= 0.3 is 0 Å². The first kappa shape index (κ1) is 20.3. The highest BCUT2D eigenvalue weighted by atomic mass is 32.1. The number of nitrogens with one attached hydrogen (secondary N) is 1. The third kappa shape index (κ3) is 4.03. The Morgan fingerprint density at radius 3 is 2.80 bits per heavy atom. The molecule has 0 radical (unpaired) electrons. The molecule has 1 unspecified atom stereocenters. The standard InChI is InChI=1S/C23H26N4O2S/c1-3-24-22(29)23(10-12-27(16-23)21(28)19-9-11-26(2)25-19)15-17-6-4-7-18(14-17)20-8-5-13-30-20/h4-9,11,13-14H,3,10,12,15-16H2,1-2H3,(H,24,29). The van der Waals surface area contributed by atoms with Crippen LogP contribution in [-0.4, -0.2) is 46.1 Å². The number of carbonyl (C=O) groups is 2. The SMILES string of the molecule is CCNC(=O)C1(Cc2cccc(-c3cccs3)c2)CCN(C(=O)c2ccn(C)n2)C1. The summed E-state index contributed by atoms with van der Waals surface area (Å²) in [6, 6.07) is 14.2. The van der Waals surface area contributed by atoms with Crippen molar-refractivity contribution in [3.05, 3.63) is 65.3 Å². The van der Waals surface area contributed by atoms with E-state index in [0.29, 0.717) is 38.2 Å². The molecule has 1 aromatic carbocycles. The number of nitrogens with zero attached hydrogens (tertiary/aromatic N) is 3. The molecule has 1 fully saturated rings. The Labute approximate surface area is 180 Å². The summed E-state index contributed by atoms with van der Waals surface area (Å²) in [5.41, 5.74) is 2.06. The normalized spacial score (nSPS) is 18.5. The van der Waals surface area contributed by atoms with Gasteiger partial charge in [-0.15, -0.1) is 11.3 Å². The molecular weight excluding hydrogens is 396 g/mol. The van der Waals surface area contributed by atoms with Gasteiger partial charge in [0.25, 0.3) is 5.91 Å². The predicted octanol–water partition coefficient (Wildman–Crippen LogP) is 3.36. The van der Waals surface area contributed by atoms with E-state index in [9.17, 15) is 9.59 Å². The lowest BCUT2D eigenvalue weighted by Gasteiger charge is -2.28. The van der Waals surface area contributed by atoms with Crippen LogP contribution in [0.4, 0.5) is 0 Å². The fourth-order valence-electron chi connectivity index (χ4n) is 4.16. The number of rotatable bonds is 6. The quantitative estimate of drug-likeness (QED) is 0.662. The molecule has 1 atom stereocenters. The van der Waals surface area contributed by atoms with Crippen LogP contribution in [-0.2, 0) is 18.3 Å². The minimum Gasteiger partial charge on any atom is -0.356 e. The number of aromatic nitrogens is 2. The molecule has 0 saturated carbocycles. The zero-order valence-electron chi connectivity index (χ0n) is 17.3. The summed E-state index contributed by atoms with van der Waals surface area (Å²) in [6.45, 7) is 3.45. The second-order valence-electron chi connectivity index (χ2n) is 7.85. The van der Waals surface area contributed by atoms with Crippen molar-refractivity contribution in [3.63, 3.8) is 0 Å². The molecule has 7 heteroatoms. The van der Waals surface area contributed by atoms with Crippen molar-refractivity contribution in [1.29, 1.82) is 0 Å². The van der Waals surface area contributed by atoms with Gasteiger partial charge in [0.05, 0.1) is 5.41 Å². The number of hydrogen-bond donors (Lipinski definition) is 1. The number of thiophene rings is 1. The maximum absolute atomic E-state index is 13.1. The lowest BCUT2D eigenvalue weighted by molar-refractivity contribution is -0.130. The summed E-state index contributed by atoms with van der Waals surface area (Å²) < 4.78 is 1.62. The van der Waals surface area contributed by atoms with E-state index in [2.05, 4.69) is 40.1 Å². The maximum Gasteiger partial charge on any atom is 0.274 e. The molecule has 0 spiro atoms. The van der Waals surface area contributed by atoms with Crippen LogP contribution in [0.3, 0.4) is 0 Å². The van der Waals surface area contributed by atoms with Gasteiger partial charge in [-0.05, 0) is 48.4 Å². The van der Waals surface area contributed by atoms with Crippen molar-refractivity contribution in [1.82, 2.24) is 20.0 Å². The van der Waals surface area contributed by atoms with Crippen LogP contribution in [0.5, 0.6) is 0 Å². The van der Waals surface area contributed by atoms with Gasteiger partial charge in [0.2, 0.25) is 5.91 Å². The fraction of sp³-hybridized carbons (Fsp3) is 0.348. The third-order valence-electron chi connectivity index (χ3n) is 5.67. The van der Waals surface area contributed by atoms with Crippen LogP contribution < -0.4 is 5.32 Å². The van der Waals surface area contributed by atoms with Crippen LogP contribution in [0.1, 0.15) is 29.4 Å². The predicted molar refractivity (Wildman–Crippen MR) is 118 cm³/mol. The van der Waals surface area contributed by atoms with E-state index in [1.165, 1.54) is 4.88 Å². The zero-order valence-corrected chi connectivity index (χ0v) is 18.1. The molecule has 3 heterocycles. The fourth-order valence-corrected chi connectivity index (χ4v) is 4.89. The molecule has 3 aromatic rings. The molecule has 6 nitrogen and oxygen atoms in total. The number of aryl methyl sites for hydroxylation is 1. The van der Waals surface area contributed by atoms with Gasteiger partial charge in [-0.25, -0.2) is 0 Å². The highest BCUT2D eigenvalue weighted by Gasteiger charge is 2.46. The Hall–Kier alpha value is -2.93. The zero-order chi connectivity index (χ0) is 21.1. The lowest BCUT2D eigenvalue weighted by atomic mass is 9.79. The van der Waals surface area contributed by atoms with Gasteiger partial charge in [-0.2, -0.15) is 5.10 Å². The smallest absolute Gasteiger partial charge is 0.274 e. The van der Waals surface area contributed by atoms with Crippen LogP contribution in [0, 0.1) is 5.41 Å². The van der Waals surface area contributed by atoms with Gasteiger partial charge in [-0.1, -0.05) is 30.3 Å². The molecule has 2 amide bonds. The summed E-state index contributed by atoms with van der Waals surface area (Å²) in [6.07, 6.45) is 3.00. The molecule has 1 aliphatic heterocycles. The number of hydrogen-bond acceptors (Lipinski definition) is 4. The first-order valence-corrected chi connectivity index (χ1v) is 11.1. The van der Waals surface area contributed by atoms with E-state index in [1.54, 1.807) is 40.2 Å². The van der Waals surface area contributed by atoms with Gasteiger partial charge in [0.1, 0.15) is 5.69 Å². The lowest BCUT2D eigenvalue weighted by Crippen LogP contribution is -2.45. The summed E-state index contributed by atoms with van der Waals surface area (Å²) >= 11 is 1.70. The van der Waals surface area contributed by atoms with Gasteiger partial charge in [-0.3, -0.25) is 14.3 Å². The minimum atomic E-state index is -0.630. The second kappa shape index (κ2) is 8.44. The van der Waals surface area contributed by atoms with Crippen LogP contribution in [0.2, 0.25) is 0 Å². The summed E-state index contributed by atoms with van der Waals surface area (Å²) in [5.74, 6) is -0.100. The van der Waals surface area contributed by atoms with Crippen LogP contribution in [0.15, 0.2) is 54.0 Å². The number of benzene rings is 1. The van der Waals surface area contributed by atoms with Gasteiger partial charge in [0.15, 0.2) is 0 Å². The molecule has 1 aliphatic rings. The molecule has 0 bridgehead atoms. The molecular formula is C23H26N4O2S. The first-order chi connectivity index (χ1) is 14.5. The van der Waals surface area contributed by atoms with Crippen molar-refractivity contribution in [2.75, 3.05) is 19.6 Å². The average Bonchev–Trinajstić information content (AvgIpc) is 3.49. The Bertz CT molecular complexity index is 1040. The maximum atomic E-state index is 13.1. The van der Waals surface area contributed by atoms with Crippen molar-refractivity contribution in [3.8, 4) is 10.4 Å².